The Kier molecular flexibility index (Phi) is 5.70. The molecule has 0 bridgehead atoms. The van der Waals surface area contributed by atoms with Gasteiger partial charge in [0.05, 0.1) is 0 Å². The summed E-state index contributed by atoms with van der Waals surface area (Å²) >= 11 is 5.52. The molecule has 0 aromatic carbocycles. The molecular weight excluding hydrogens is 199 g/mol. The van der Waals surface area contributed by atoms with Crippen molar-refractivity contribution < 1.29 is 0 Å². The molecular formula is C6H10Cl2N4. The first-order valence-corrected chi connectivity index (χ1v) is 3.64. The van der Waals surface area contributed by atoms with Crippen molar-refractivity contribution in [2.24, 2.45) is 5.73 Å². The van der Waals surface area contributed by atoms with E-state index in [-0.39, 0.29) is 12.4 Å². The number of nitrogens with zero attached hydrogens (tertiary/aromatic N) is 2. The zero-order valence-electron chi connectivity index (χ0n) is 6.33. The fraction of sp³-hybridized carbons (Fsp3) is 0.333. The van der Waals surface area contributed by atoms with Crippen LogP contribution in [0.25, 0.3) is 0 Å². The zero-order chi connectivity index (χ0) is 8.10. The monoisotopic (exact) mass is 208 g/mol. The summed E-state index contributed by atoms with van der Waals surface area (Å²) in [6.07, 6.45) is 0. The maximum absolute atomic E-state index is 5.52. The summed E-state index contributed by atoms with van der Waals surface area (Å²) in [7, 11) is 0. The van der Waals surface area contributed by atoms with Crippen LogP contribution in [0, 0.1) is 0 Å². The predicted molar refractivity (Wildman–Crippen MR) is 51.8 cm³/mol. The highest BCUT2D eigenvalue weighted by Crippen LogP contribution is 2.04. The van der Waals surface area contributed by atoms with Crippen molar-refractivity contribution in [3.05, 3.63) is 17.3 Å². The highest BCUT2D eigenvalue weighted by Gasteiger charge is 1.92. The van der Waals surface area contributed by atoms with Crippen molar-refractivity contribution >= 4 is 29.8 Å². The van der Waals surface area contributed by atoms with Crippen molar-refractivity contribution in [3.63, 3.8) is 0 Å². The number of hydrogen-bond donors (Lipinski definition) is 2. The molecule has 1 aromatic heterocycles. The summed E-state index contributed by atoms with van der Waals surface area (Å²) in [4.78, 5) is 0. The summed E-state index contributed by atoms with van der Waals surface area (Å²) in [5.41, 5.74) is 5.27. The van der Waals surface area contributed by atoms with Gasteiger partial charge in [0.2, 0.25) is 0 Å². The summed E-state index contributed by atoms with van der Waals surface area (Å²) in [5.74, 6) is 0.694. The van der Waals surface area contributed by atoms with E-state index in [1.54, 1.807) is 12.1 Å². The van der Waals surface area contributed by atoms with E-state index in [2.05, 4.69) is 15.5 Å². The predicted octanol–water partition coefficient (Wildman–Crippen LogP) is 0.922. The van der Waals surface area contributed by atoms with Crippen molar-refractivity contribution in [1.29, 1.82) is 0 Å². The smallest absolute Gasteiger partial charge is 0.151 e. The van der Waals surface area contributed by atoms with Crippen molar-refractivity contribution in [1.82, 2.24) is 10.2 Å². The summed E-state index contributed by atoms with van der Waals surface area (Å²) in [6.45, 7) is 1.26. The molecule has 3 N–H and O–H groups in total. The van der Waals surface area contributed by atoms with Crippen molar-refractivity contribution in [3.8, 4) is 0 Å². The Labute approximate surface area is 81.9 Å². The Morgan fingerprint density at radius 3 is 2.67 bits per heavy atom. The van der Waals surface area contributed by atoms with E-state index >= 15 is 0 Å². The molecule has 4 nitrogen and oxygen atoms in total. The molecule has 0 aliphatic rings. The van der Waals surface area contributed by atoms with E-state index in [4.69, 9.17) is 17.3 Å². The highest BCUT2D eigenvalue weighted by atomic mass is 35.5. The molecule has 1 aromatic rings. The third-order valence-corrected chi connectivity index (χ3v) is 1.28. The third-order valence-electron chi connectivity index (χ3n) is 1.08. The number of nitrogens with two attached hydrogens (primary N) is 1. The molecule has 1 heterocycles. The van der Waals surface area contributed by atoms with Crippen molar-refractivity contribution in [2.75, 3.05) is 18.4 Å². The minimum Gasteiger partial charge on any atom is -0.367 e. The fourth-order valence-electron chi connectivity index (χ4n) is 0.611. The van der Waals surface area contributed by atoms with Gasteiger partial charge in [-0.1, -0.05) is 11.6 Å². The van der Waals surface area contributed by atoms with E-state index in [9.17, 15) is 0 Å². The van der Waals surface area contributed by atoms with E-state index < -0.39 is 0 Å². The van der Waals surface area contributed by atoms with Crippen molar-refractivity contribution in [2.45, 2.75) is 0 Å². The van der Waals surface area contributed by atoms with Gasteiger partial charge in [-0.05, 0) is 12.1 Å². The molecule has 12 heavy (non-hydrogen) atoms. The lowest BCUT2D eigenvalue weighted by Crippen LogP contribution is -2.13. The highest BCUT2D eigenvalue weighted by molar-refractivity contribution is 6.29. The average molecular weight is 209 g/mol. The Hall–Kier alpha value is -0.580. The minimum atomic E-state index is 0. The standard InChI is InChI=1S/C6H9ClN4.ClH/c7-5-1-2-6(11-10-5)9-4-3-8;/h1-2H,3-4,8H2,(H,9,11);1H. The number of aromatic nitrogens is 2. The number of nitrogens with one attached hydrogen (secondary N) is 1. The van der Waals surface area contributed by atoms with Gasteiger partial charge in [-0.3, -0.25) is 0 Å². The van der Waals surface area contributed by atoms with Gasteiger partial charge in [-0.25, -0.2) is 0 Å². The van der Waals surface area contributed by atoms with E-state index in [0.717, 1.165) is 0 Å². The molecule has 0 amide bonds. The van der Waals surface area contributed by atoms with Crippen LogP contribution in [0.5, 0.6) is 0 Å². The maximum atomic E-state index is 5.52. The molecule has 0 atom stereocenters. The van der Waals surface area contributed by atoms with Gasteiger partial charge in [0.15, 0.2) is 5.15 Å². The summed E-state index contributed by atoms with van der Waals surface area (Å²) < 4.78 is 0. The summed E-state index contributed by atoms with van der Waals surface area (Å²) in [6, 6.07) is 3.43. The average Bonchev–Trinajstić information content (AvgIpc) is 2.04. The molecule has 0 unspecified atom stereocenters. The van der Waals surface area contributed by atoms with Gasteiger partial charge in [-0.2, -0.15) is 0 Å². The summed E-state index contributed by atoms with van der Waals surface area (Å²) in [5, 5.41) is 10.8. The van der Waals surface area contributed by atoms with Crippen LogP contribution in [0.3, 0.4) is 0 Å². The Balaban J connectivity index is 0.00000121. The maximum Gasteiger partial charge on any atom is 0.151 e. The fourth-order valence-corrected chi connectivity index (χ4v) is 0.711. The molecule has 0 aliphatic heterocycles. The molecule has 0 fully saturated rings. The molecule has 0 radical (unpaired) electrons. The normalized spacial score (nSPS) is 8.83. The molecule has 1 rings (SSSR count). The molecule has 0 saturated heterocycles. The number of halogens is 2. The lowest BCUT2D eigenvalue weighted by atomic mass is 10.5. The molecule has 68 valence electrons. The van der Waals surface area contributed by atoms with Crippen LogP contribution in [0.1, 0.15) is 0 Å². The number of rotatable bonds is 3. The Morgan fingerprint density at radius 2 is 2.17 bits per heavy atom. The van der Waals surface area contributed by atoms with Gasteiger partial charge in [0, 0.05) is 13.1 Å². The van der Waals surface area contributed by atoms with Crippen LogP contribution in [-0.2, 0) is 0 Å². The minimum absolute atomic E-state index is 0. The van der Waals surface area contributed by atoms with E-state index in [1.807, 2.05) is 0 Å². The number of hydrogen-bond acceptors (Lipinski definition) is 4. The Morgan fingerprint density at radius 1 is 1.42 bits per heavy atom. The van der Waals surface area contributed by atoms with Crippen LogP contribution < -0.4 is 11.1 Å². The molecule has 0 spiro atoms. The first-order valence-electron chi connectivity index (χ1n) is 3.26. The quantitative estimate of drug-likeness (QED) is 0.776. The first kappa shape index (κ1) is 11.4. The van der Waals surface area contributed by atoms with E-state index in [0.29, 0.717) is 24.1 Å². The van der Waals surface area contributed by atoms with Gasteiger partial charge >= 0.3 is 0 Å². The lowest BCUT2D eigenvalue weighted by Gasteiger charge is -2.00. The van der Waals surface area contributed by atoms with Crippen LogP contribution >= 0.6 is 24.0 Å². The third kappa shape index (κ3) is 3.71. The van der Waals surface area contributed by atoms with Gasteiger partial charge in [0.25, 0.3) is 0 Å². The second-order valence-electron chi connectivity index (χ2n) is 1.96. The zero-order valence-corrected chi connectivity index (χ0v) is 7.90. The van der Waals surface area contributed by atoms with Crippen LogP contribution in [-0.4, -0.2) is 23.3 Å². The first-order chi connectivity index (χ1) is 5.33. The largest absolute Gasteiger partial charge is 0.367 e. The van der Waals surface area contributed by atoms with Gasteiger partial charge < -0.3 is 11.1 Å². The SMILES string of the molecule is Cl.NCCNc1ccc(Cl)nn1. The lowest BCUT2D eigenvalue weighted by molar-refractivity contribution is 0.971. The molecule has 0 saturated carbocycles. The molecule has 6 heteroatoms. The van der Waals surface area contributed by atoms with E-state index in [1.165, 1.54) is 0 Å². The van der Waals surface area contributed by atoms with Crippen LogP contribution in [0.15, 0.2) is 12.1 Å². The second-order valence-corrected chi connectivity index (χ2v) is 2.34. The van der Waals surface area contributed by atoms with Gasteiger partial charge in [0.1, 0.15) is 5.82 Å². The Bertz CT molecular complexity index is 213. The molecule has 0 aliphatic carbocycles. The van der Waals surface area contributed by atoms with Gasteiger partial charge in [-0.15, -0.1) is 22.6 Å². The topological polar surface area (TPSA) is 63.8 Å². The van der Waals surface area contributed by atoms with Crippen LogP contribution in [0.4, 0.5) is 5.82 Å². The number of anilines is 1. The second kappa shape index (κ2) is 5.99. The van der Waals surface area contributed by atoms with Crippen LogP contribution in [0.2, 0.25) is 5.15 Å².